The molecule has 0 bridgehead atoms. The number of H-pyrrole nitrogens is 1. The van der Waals surface area contributed by atoms with Crippen molar-refractivity contribution >= 4 is 0 Å². The van der Waals surface area contributed by atoms with Gasteiger partial charge in [-0.2, -0.15) is 10.4 Å². The molecule has 4 nitrogen and oxygen atoms in total. The topological polar surface area (TPSA) is 65.4 Å². The first kappa shape index (κ1) is 12.2. The molecule has 18 heavy (non-hydrogen) atoms. The minimum Gasteiger partial charge on any atom is -0.262 e. The summed E-state index contributed by atoms with van der Waals surface area (Å²) in [5.41, 5.74) is 0.490. The number of halogens is 1. The highest BCUT2D eigenvalue weighted by Gasteiger charge is 2.27. The van der Waals surface area contributed by atoms with Gasteiger partial charge in [0.05, 0.1) is 17.9 Å². The summed E-state index contributed by atoms with van der Waals surface area (Å²) >= 11 is 0. The van der Waals surface area contributed by atoms with Gasteiger partial charge in [0.15, 0.2) is 5.82 Å². The Morgan fingerprint density at radius 1 is 1.33 bits per heavy atom. The fraction of sp³-hybridized carbons (Fsp3) is 0.308. The summed E-state index contributed by atoms with van der Waals surface area (Å²) in [7, 11) is 0. The third-order valence-electron chi connectivity index (χ3n) is 2.90. The van der Waals surface area contributed by atoms with Gasteiger partial charge in [-0.25, -0.2) is 9.37 Å². The average Bonchev–Trinajstić information content (AvgIpc) is 2.79. The van der Waals surface area contributed by atoms with Crippen molar-refractivity contribution in [2.75, 3.05) is 0 Å². The maximum absolute atomic E-state index is 12.9. The van der Waals surface area contributed by atoms with Crippen molar-refractivity contribution in [1.29, 1.82) is 5.26 Å². The molecule has 2 rings (SSSR count). The largest absolute Gasteiger partial charge is 0.262 e. The third-order valence-corrected chi connectivity index (χ3v) is 2.90. The van der Waals surface area contributed by atoms with Gasteiger partial charge < -0.3 is 0 Å². The number of aromatic nitrogens is 3. The zero-order chi connectivity index (χ0) is 13.2. The van der Waals surface area contributed by atoms with Crippen molar-refractivity contribution in [3.8, 4) is 6.07 Å². The molecule has 1 heterocycles. The van der Waals surface area contributed by atoms with Crippen molar-refractivity contribution in [2.45, 2.75) is 25.7 Å². The maximum Gasteiger partial charge on any atom is 0.160 e. The highest BCUT2D eigenvalue weighted by Crippen LogP contribution is 2.28. The van der Waals surface area contributed by atoms with E-state index in [1.165, 1.54) is 12.1 Å². The van der Waals surface area contributed by atoms with Crippen LogP contribution in [0.15, 0.2) is 24.3 Å². The summed E-state index contributed by atoms with van der Waals surface area (Å²) < 4.78 is 12.9. The molecule has 5 heteroatoms. The van der Waals surface area contributed by atoms with Gasteiger partial charge in [-0.15, -0.1) is 0 Å². The normalized spacial score (nSPS) is 11.2. The molecular weight excluding hydrogens is 231 g/mol. The van der Waals surface area contributed by atoms with Crippen molar-refractivity contribution in [2.24, 2.45) is 0 Å². The maximum atomic E-state index is 12.9. The van der Waals surface area contributed by atoms with Crippen LogP contribution in [0.3, 0.4) is 0 Å². The molecule has 1 aromatic carbocycles. The molecule has 0 saturated heterocycles. The van der Waals surface area contributed by atoms with E-state index < -0.39 is 5.41 Å². The highest BCUT2D eigenvalue weighted by atomic mass is 19.1. The zero-order valence-electron chi connectivity index (χ0n) is 10.2. The van der Waals surface area contributed by atoms with E-state index in [0.29, 0.717) is 11.6 Å². The van der Waals surface area contributed by atoms with Gasteiger partial charge in [-0.3, -0.25) is 5.10 Å². The lowest BCUT2D eigenvalue weighted by Crippen LogP contribution is -2.20. The predicted molar refractivity (Wildman–Crippen MR) is 64.2 cm³/mol. The lowest BCUT2D eigenvalue weighted by molar-refractivity contribution is 0.585. The SMILES string of the molecule is CC(C)(c1ccc(F)cc1)c1n[nH]c(CC#N)n1. The fourth-order valence-corrected chi connectivity index (χ4v) is 1.72. The molecule has 92 valence electrons. The van der Waals surface area contributed by atoms with Gasteiger partial charge in [-0.1, -0.05) is 12.1 Å². The average molecular weight is 244 g/mol. The minimum absolute atomic E-state index is 0.201. The van der Waals surface area contributed by atoms with Crippen LogP contribution in [0.2, 0.25) is 0 Å². The van der Waals surface area contributed by atoms with Gasteiger partial charge in [0.1, 0.15) is 11.6 Å². The molecule has 0 fully saturated rings. The van der Waals surface area contributed by atoms with Gasteiger partial charge in [0.2, 0.25) is 0 Å². The van der Waals surface area contributed by atoms with Crippen LogP contribution >= 0.6 is 0 Å². The monoisotopic (exact) mass is 244 g/mol. The Balaban J connectivity index is 2.34. The van der Waals surface area contributed by atoms with Crippen LogP contribution < -0.4 is 0 Å². The van der Waals surface area contributed by atoms with E-state index >= 15 is 0 Å². The van der Waals surface area contributed by atoms with Gasteiger partial charge in [-0.05, 0) is 31.5 Å². The summed E-state index contributed by atoms with van der Waals surface area (Å²) in [6.07, 6.45) is 0.201. The molecule has 0 aliphatic heterocycles. The molecule has 0 spiro atoms. The Bertz CT molecular complexity index is 578. The van der Waals surface area contributed by atoms with E-state index in [9.17, 15) is 4.39 Å². The number of nitrogens with one attached hydrogen (secondary N) is 1. The second kappa shape index (κ2) is 4.57. The van der Waals surface area contributed by atoms with Gasteiger partial charge in [0.25, 0.3) is 0 Å². The quantitative estimate of drug-likeness (QED) is 0.901. The first-order chi connectivity index (χ1) is 8.54. The lowest BCUT2D eigenvalue weighted by Gasteiger charge is -2.21. The Labute approximate surface area is 104 Å². The number of nitriles is 1. The van der Waals surface area contributed by atoms with E-state index in [1.807, 2.05) is 19.9 Å². The fourth-order valence-electron chi connectivity index (χ4n) is 1.72. The van der Waals surface area contributed by atoms with E-state index in [2.05, 4.69) is 15.2 Å². The number of hydrogen-bond acceptors (Lipinski definition) is 3. The minimum atomic E-state index is -0.433. The molecule has 0 saturated carbocycles. The summed E-state index contributed by atoms with van der Waals surface area (Å²) in [5, 5.41) is 15.5. The standard InChI is InChI=1S/C13H13FN4/c1-13(2,9-3-5-10(14)6-4-9)12-16-11(7-8-15)17-18-12/h3-6H,7H2,1-2H3,(H,16,17,18). The summed E-state index contributed by atoms with van der Waals surface area (Å²) in [5.74, 6) is 0.872. The third kappa shape index (κ3) is 2.23. The van der Waals surface area contributed by atoms with Gasteiger partial charge >= 0.3 is 0 Å². The van der Waals surface area contributed by atoms with E-state index in [4.69, 9.17) is 5.26 Å². The van der Waals surface area contributed by atoms with Crippen LogP contribution in [-0.2, 0) is 11.8 Å². The van der Waals surface area contributed by atoms with Crippen LogP contribution in [0.4, 0.5) is 4.39 Å². The number of aromatic amines is 1. The van der Waals surface area contributed by atoms with Crippen molar-refractivity contribution in [1.82, 2.24) is 15.2 Å². The van der Waals surface area contributed by atoms with E-state index in [1.54, 1.807) is 12.1 Å². The van der Waals surface area contributed by atoms with E-state index in [-0.39, 0.29) is 12.2 Å². The first-order valence-electron chi connectivity index (χ1n) is 5.59. The van der Waals surface area contributed by atoms with Gasteiger partial charge in [0, 0.05) is 0 Å². The molecule has 0 radical (unpaired) electrons. The Kier molecular flexibility index (Phi) is 3.11. The van der Waals surface area contributed by atoms with Crippen LogP contribution in [0.1, 0.15) is 31.1 Å². The number of nitrogens with zero attached hydrogens (tertiary/aromatic N) is 3. The molecular formula is C13H13FN4. The van der Waals surface area contributed by atoms with Crippen LogP contribution in [0.5, 0.6) is 0 Å². The summed E-state index contributed by atoms with van der Waals surface area (Å²) in [4.78, 5) is 4.29. The molecule has 2 aromatic rings. The Morgan fingerprint density at radius 3 is 2.61 bits per heavy atom. The molecule has 0 atom stereocenters. The first-order valence-corrected chi connectivity index (χ1v) is 5.59. The Hall–Kier alpha value is -2.22. The number of rotatable bonds is 3. The lowest BCUT2D eigenvalue weighted by atomic mass is 9.84. The second-order valence-corrected chi connectivity index (χ2v) is 4.57. The molecule has 1 N–H and O–H groups in total. The highest BCUT2D eigenvalue weighted by molar-refractivity contribution is 5.30. The van der Waals surface area contributed by atoms with Crippen LogP contribution in [0, 0.1) is 17.1 Å². The van der Waals surface area contributed by atoms with Crippen LogP contribution in [-0.4, -0.2) is 15.2 Å². The molecule has 0 amide bonds. The summed E-state index contributed by atoms with van der Waals surface area (Å²) in [6, 6.07) is 8.28. The van der Waals surface area contributed by atoms with Crippen LogP contribution in [0.25, 0.3) is 0 Å². The molecule has 0 aliphatic carbocycles. The number of benzene rings is 1. The van der Waals surface area contributed by atoms with Crippen molar-refractivity contribution in [3.63, 3.8) is 0 Å². The van der Waals surface area contributed by atoms with Crippen molar-refractivity contribution in [3.05, 3.63) is 47.3 Å². The molecule has 0 unspecified atom stereocenters. The Morgan fingerprint density at radius 2 is 2.00 bits per heavy atom. The van der Waals surface area contributed by atoms with Crippen molar-refractivity contribution < 1.29 is 4.39 Å². The number of hydrogen-bond donors (Lipinski definition) is 1. The molecule has 1 aromatic heterocycles. The zero-order valence-corrected chi connectivity index (χ0v) is 10.2. The van der Waals surface area contributed by atoms with E-state index in [0.717, 1.165) is 5.56 Å². The smallest absolute Gasteiger partial charge is 0.160 e. The predicted octanol–water partition coefficient (Wildman–Crippen LogP) is 2.34. The molecule has 0 aliphatic rings. The second-order valence-electron chi connectivity index (χ2n) is 4.57. The summed E-state index contributed by atoms with van der Waals surface area (Å²) in [6.45, 7) is 3.92.